The number of amides is 2. The number of nitrogens with one attached hydrogen (secondary N) is 2. The Labute approximate surface area is 155 Å². The van der Waals surface area contributed by atoms with Gasteiger partial charge < -0.3 is 15.4 Å². The monoisotopic (exact) mass is 367 g/mol. The van der Waals surface area contributed by atoms with Crippen LogP contribution in [0.1, 0.15) is 16.1 Å². The van der Waals surface area contributed by atoms with Crippen molar-refractivity contribution in [3.8, 4) is 0 Å². The van der Waals surface area contributed by atoms with Crippen LogP contribution in [0.2, 0.25) is 0 Å². The molecule has 0 aliphatic rings. The van der Waals surface area contributed by atoms with E-state index in [0.717, 1.165) is 5.56 Å². The molecule has 0 aliphatic heterocycles. The minimum absolute atomic E-state index is 0.0396. The number of aromatic nitrogens is 1. The van der Waals surface area contributed by atoms with E-state index >= 15 is 0 Å². The molecule has 2 aromatic carbocycles. The summed E-state index contributed by atoms with van der Waals surface area (Å²) in [6, 6.07) is 12.9. The quantitative estimate of drug-likeness (QED) is 0.723. The third-order valence-electron chi connectivity index (χ3n) is 3.94. The average Bonchev–Trinajstić information content (AvgIpc) is 2.64. The minimum atomic E-state index is -0.478. The van der Waals surface area contributed by atoms with Gasteiger partial charge in [-0.3, -0.25) is 9.59 Å². The second-order valence-corrected chi connectivity index (χ2v) is 5.97. The minimum Gasteiger partial charge on any atom is -0.375 e. The molecule has 2 N–H and O–H groups in total. The van der Waals surface area contributed by atoms with E-state index < -0.39 is 11.7 Å². The van der Waals surface area contributed by atoms with Crippen molar-refractivity contribution in [3.63, 3.8) is 0 Å². The second-order valence-electron chi connectivity index (χ2n) is 5.97. The van der Waals surface area contributed by atoms with E-state index in [0.29, 0.717) is 16.8 Å². The first-order valence-corrected chi connectivity index (χ1v) is 8.24. The molecule has 1 heterocycles. The zero-order valence-electron chi connectivity index (χ0n) is 14.9. The van der Waals surface area contributed by atoms with Crippen LogP contribution in [0.25, 0.3) is 10.9 Å². The van der Waals surface area contributed by atoms with Crippen molar-refractivity contribution in [3.05, 3.63) is 65.6 Å². The lowest BCUT2D eigenvalue weighted by atomic mass is 10.1. The second kappa shape index (κ2) is 7.92. The van der Waals surface area contributed by atoms with Crippen LogP contribution in [0.5, 0.6) is 0 Å². The fourth-order valence-electron chi connectivity index (χ4n) is 2.63. The van der Waals surface area contributed by atoms with E-state index in [1.54, 1.807) is 42.5 Å². The Morgan fingerprint density at radius 1 is 1.11 bits per heavy atom. The number of nitrogens with zero attached hydrogens (tertiary/aromatic N) is 1. The number of aryl methyl sites for hydroxylation is 1. The van der Waals surface area contributed by atoms with Crippen LogP contribution in [0.3, 0.4) is 0 Å². The van der Waals surface area contributed by atoms with Gasteiger partial charge >= 0.3 is 0 Å². The smallest absolute Gasteiger partial charge is 0.274 e. The summed E-state index contributed by atoms with van der Waals surface area (Å²) in [7, 11) is 1.44. The Morgan fingerprint density at radius 2 is 1.93 bits per heavy atom. The van der Waals surface area contributed by atoms with Crippen molar-refractivity contribution in [2.45, 2.75) is 6.92 Å². The number of para-hydroxylation sites is 1. The Bertz CT molecular complexity index is 1020. The average molecular weight is 367 g/mol. The molecule has 0 saturated heterocycles. The highest BCUT2D eigenvalue weighted by Gasteiger charge is 2.12. The zero-order valence-corrected chi connectivity index (χ0v) is 14.9. The highest BCUT2D eigenvalue weighted by atomic mass is 19.1. The molecule has 0 radical (unpaired) electrons. The van der Waals surface area contributed by atoms with Crippen LogP contribution in [0.15, 0.2) is 48.5 Å². The number of ether oxygens (including phenoxy) is 1. The van der Waals surface area contributed by atoms with Crippen LogP contribution in [0, 0.1) is 12.7 Å². The molecule has 27 heavy (non-hydrogen) atoms. The maximum Gasteiger partial charge on any atom is 0.274 e. The van der Waals surface area contributed by atoms with Crippen molar-refractivity contribution in [1.82, 2.24) is 4.98 Å². The normalized spacial score (nSPS) is 10.6. The maximum atomic E-state index is 13.9. The highest BCUT2D eigenvalue weighted by Crippen LogP contribution is 2.21. The van der Waals surface area contributed by atoms with Crippen molar-refractivity contribution < 1.29 is 18.7 Å². The summed E-state index contributed by atoms with van der Waals surface area (Å²) in [5.74, 6) is -1.19. The lowest BCUT2D eigenvalue weighted by molar-refractivity contribution is -0.119. The van der Waals surface area contributed by atoms with E-state index in [1.807, 2.05) is 6.92 Å². The van der Waals surface area contributed by atoms with Crippen molar-refractivity contribution in [2.75, 3.05) is 24.4 Å². The number of hydrogen-bond donors (Lipinski definition) is 2. The van der Waals surface area contributed by atoms with Crippen molar-refractivity contribution in [1.29, 1.82) is 0 Å². The van der Waals surface area contributed by atoms with Gasteiger partial charge in [0.2, 0.25) is 5.91 Å². The summed E-state index contributed by atoms with van der Waals surface area (Å²) in [5.41, 5.74) is 2.20. The SMILES string of the molecule is COCC(=O)Nc1ccc(NC(=O)c2ccc3cccc(F)c3n2)cc1C. The first kappa shape index (κ1) is 18.5. The van der Waals surface area contributed by atoms with Gasteiger partial charge in [-0.1, -0.05) is 18.2 Å². The summed E-state index contributed by atoms with van der Waals surface area (Å²) in [6.07, 6.45) is 0. The summed E-state index contributed by atoms with van der Waals surface area (Å²) < 4.78 is 18.7. The molecule has 3 aromatic rings. The first-order chi connectivity index (χ1) is 13.0. The first-order valence-electron chi connectivity index (χ1n) is 8.24. The number of fused-ring (bicyclic) bond motifs is 1. The molecule has 0 atom stereocenters. The van der Waals surface area contributed by atoms with Crippen LogP contribution in [-0.2, 0) is 9.53 Å². The van der Waals surface area contributed by atoms with Gasteiger partial charge in [-0.2, -0.15) is 0 Å². The molecule has 0 saturated carbocycles. The molecule has 0 bridgehead atoms. The number of methoxy groups -OCH3 is 1. The number of benzene rings is 2. The Kier molecular flexibility index (Phi) is 5.42. The molecule has 3 rings (SSSR count). The molecular weight excluding hydrogens is 349 g/mol. The van der Waals surface area contributed by atoms with Crippen molar-refractivity contribution >= 4 is 34.1 Å². The number of pyridine rings is 1. The van der Waals surface area contributed by atoms with Gasteiger partial charge in [-0.05, 0) is 42.8 Å². The molecule has 0 unspecified atom stereocenters. The fraction of sp³-hybridized carbons (Fsp3) is 0.150. The van der Waals surface area contributed by atoms with Crippen LogP contribution >= 0.6 is 0 Å². The number of carbonyl (C=O) groups excluding carboxylic acids is 2. The number of anilines is 2. The van der Waals surface area contributed by atoms with Crippen LogP contribution < -0.4 is 10.6 Å². The van der Waals surface area contributed by atoms with Crippen LogP contribution in [0.4, 0.5) is 15.8 Å². The third kappa shape index (κ3) is 4.27. The number of halogens is 1. The fourth-order valence-corrected chi connectivity index (χ4v) is 2.63. The van der Waals surface area contributed by atoms with Gasteiger partial charge in [-0.25, -0.2) is 9.37 Å². The number of carbonyl (C=O) groups is 2. The number of rotatable bonds is 5. The van der Waals surface area contributed by atoms with Crippen LogP contribution in [-0.4, -0.2) is 30.5 Å². The van der Waals surface area contributed by atoms with E-state index in [2.05, 4.69) is 15.6 Å². The molecule has 1 aromatic heterocycles. The Morgan fingerprint density at radius 3 is 2.67 bits per heavy atom. The van der Waals surface area contributed by atoms with E-state index in [9.17, 15) is 14.0 Å². The molecule has 7 heteroatoms. The summed E-state index contributed by atoms with van der Waals surface area (Å²) in [4.78, 5) is 28.2. The largest absolute Gasteiger partial charge is 0.375 e. The molecule has 6 nitrogen and oxygen atoms in total. The molecule has 0 aliphatic carbocycles. The van der Waals surface area contributed by atoms with Gasteiger partial charge in [-0.15, -0.1) is 0 Å². The van der Waals surface area contributed by atoms with Gasteiger partial charge in [0, 0.05) is 23.9 Å². The number of hydrogen-bond acceptors (Lipinski definition) is 4. The topological polar surface area (TPSA) is 80.3 Å². The third-order valence-corrected chi connectivity index (χ3v) is 3.94. The summed E-state index contributed by atoms with van der Waals surface area (Å²) >= 11 is 0. The lowest BCUT2D eigenvalue weighted by Gasteiger charge is -2.11. The predicted octanol–water partition coefficient (Wildman–Crippen LogP) is 3.52. The zero-order chi connectivity index (χ0) is 19.4. The van der Waals surface area contributed by atoms with Gasteiger partial charge in [0.25, 0.3) is 5.91 Å². The lowest BCUT2D eigenvalue weighted by Crippen LogP contribution is -2.18. The van der Waals surface area contributed by atoms with E-state index in [4.69, 9.17) is 4.74 Å². The molecule has 0 spiro atoms. The Hall–Kier alpha value is -3.32. The summed E-state index contributed by atoms with van der Waals surface area (Å²) in [5, 5.41) is 6.07. The van der Waals surface area contributed by atoms with E-state index in [-0.39, 0.29) is 23.7 Å². The highest BCUT2D eigenvalue weighted by molar-refractivity contribution is 6.04. The molecule has 2 amide bonds. The van der Waals surface area contributed by atoms with Gasteiger partial charge in [0.05, 0.1) is 0 Å². The van der Waals surface area contributed by atoms with Gasteiger partial charge in [0.15, 0.2) is 0 Å². The molecule has 0 fully saturated rings. The molecule has 138 valence electrons. The molecular formula is C20H18FN3O3. The maximum absolute atomic E-state index is 13.9. The van der Waals surface area contributed by atoms with Crippen molar-refractivity contribution in [2.24, 2.45) is 0 Å². The predicted molar refractivity (Wildman–Crippen MR) is 101 cm³/mol. The summed E-state index contributed by atoms with van der Waals surface area (Å²) in [6.45, 7) is 1.77. The standard InChI is InChI=1S/C20H18FN3O3/c1-12-10-14(7-9-16(12)23-18(25)11-27-2)22-20(26)17-8-6-13-4-3-5-15(21)19(13)24-17/h3-10H,11H2,1-2H3,(H,22,26)(H,23,25). The van der Waals surface area contributed by atoms with Gasteiger partial charge in [0.1, 0.15) is 23.6 Å². The van der Waals surface area contributed by atoms with E-state index in [1.165, 1.54) is 13.2 Å². The Balaban J connectivity index is 1.77.